The van der Waals surface area contributed by atoms with Gasteiger partial charge in [0.1, 0.15) is 0 Å². The van der Waals surface area contributed by atoms with E-state index in [9.17, 15) is 4.79 Å². The van der Waals surface area contributed by atoms with Crippen LogP contribution >= 0.6 is 23.6 Å². The number of aromatic nitrogens is 2. The van der Waals surface area contributed by atoms with Crippen molar-refractivity contribution in [2.24, 2.45) is 0 Å². The number of thiophene rings is 1. The normalized spacial score (nSPS) is 11.0. The Labute approximate surface area is 109 Å². The number of rotatable bonds is 3. The molecule has 2 heterocycles. The first-order chi connectivity index (χ1) is 8.08. The van der Waals surface area contributed by atoms with Gasteiger partial charge in [-0.15, -0.1) is 11.3 Å². The minimum absolute atomic E-state index is 0.0738. The number of hydrogen-bond acceptors (Lipinski definition) is 3. The minimum atomic E-state index is -0.0738. The van der Waals surface area contributed by atoms with E-state index in [0.717, 1.165) is 17.7 Å². The van der Waals surface area contributed by atoms with Crippen molar-refractivity contribution >= 4 is 23.6 Å². The molecule has 0 saturated carbocycles. The van der Waals surface area contributed by atoms with Crippen LogP contribution < -0.4 is 5.56 Å². The molecule has 0 spiro atoms. The summed E-state index contributed by atoms with van der Waals surface area (Å²) in [7, 11) is 0. The molecule has 0 aromatic carbocycles. The summed E-state index contributed by atoms with van der Waals surface area (Å²) < 4.78 is 0.394. The summed E-state index contributed by atoms with van der Waals surface area (Å²) >= 11 is 6.70. The van der Waals surface area contributed by atoms with E-state index in [2.05, 4.69) is 16.0 Å². The maximum atomic E-state index is 11.9. The van der Waals surface area contributed by atoms with Gasteiger partial charge in [0.15, 0.2) is 4.77 Å². The highest BCUT2D eigenvalue weighted by Crippen LogP contribution is 2.19. The van der Waals surface area contributed by atoms with Crippen LogP contribution in [0.3, 0.4) is 0 Å². The predicted octanol–water partition coefficient (Wildman–Crippen LogP) is 3.21. The monoisotopic (exact) mass is 266 g/mol. The summed E-state index contributed by atoms with van der Waals surface area (Å²) in [5.41, 5.74) is 1.65. The molecule has 2 aromatic heterocycles. The van der Waals surface area contributed by atoms with Crippen molar-refractivity contribution in [2.75, 3.05) is 0 Å². The summed E-state index contributed by atoms with van der Waals surface area (Å²) in [5, 5.41) is 2.03. The Balaban J connectivity index is 2.52. The number of aromatic amines is 2. The summed E-state index contributed by atoms with van der Waals surface area (Å²) in [6, 6.07) is 4.07. The number of H-pyrrole nitrogens is 2. The molecule has 0 fully saturated rings. The molecule has 90 valence electrons. The minimum Gasteiger partial charge on any atom is -0.335 e. The van der Waals surface area contributed by atoms with E-state index in [0.29, 0.717) is 4.77 Å². The number of nitrogens with one attached hydrogen (secondary N) is 2. The van der Waals surface area contributed by atoms with Crippen LogP contribution in [0.15, 0.2) is 22.3 Å². The van der Waals surface area contributed by atoms with Crippen LogP contribution in [-0.2, 0) is 6.42 Å². The summed E-state index contributed by atoms with van der Waals surface area (Å²) in [4.78, 5) is 18.9. The third-order valence-corrected chi connectivity index (χ3v) is 3.65. The molecule has 0 saturated heterocycles. The molecule has 0 aliphatic heterocycles. The smallest absolute Gasteiger partial charge is 0.255 e. The van der Waals surface area contributed by atoms with Crippen LogP contribution in [0.5, 0.6) is 0 Å². The molecule has 2 rings (SSSR count). The molecule has 0 amide bonds. The molecule has 0 radical (unpaired) electrons. The van der Waals surface area contributed by atoms with Gasteiger partial charge in [-0.1, -0.05) is 19.9 Å². The lowest BCUT2D eigenvalue weighted by molar-refractivity contribution is 0.797. The van der Waals surface area contributed by atoms with Crippen molar-refractivity contribution in [3.05, 3.63) is 48.8 Å². The fraction of sp³-hybridized carbons (Fsp3) is 0.333. The van der Waals surface area contributed by atoms with E-state index in [-0.39, 0.29) is 11.5 Å². The predicted molar refractivity (Wildman–Crippen MR) is 73.5 cm³/mol. The van der Waals surface area contributed by atoms with Gasteiger partial charge in [0.25, 0.3) is 5.56 Å². The Morgan fingerprint density at radius 2 is 2.18 bits per heavy atom. The SMILES string of the molecule is CC(C)c1c(Cc2cccs2)[nH]c(=S)[nH]c1=O. The molecule has 0 aliphatic rings. The lowest BCUT2D eigenvalue weighted by Gasteiger charge is -2.10. The largest absolute Gasteiger partial charge is 0.335 e. The molecule has 3 nitrogen and oxygen atoms in total. The zero-order chi connectivity index (χ0) is 12.4. The van der Waals surface area contributed by atoms with Gasteiger partial charge in [0, 0.05) is 22.6 Å². The first-order valence-corrected chi connectivity index (χ1v) is 6.74. The zero-order valence-electron chi connectivity index (χ0n) is 9.74. The van der Waals surface area contributed by atoms with E-state index in [1.807, 2.05) is 25.3 Å². The quantitative estimate of drug-likeness (QED) is 0.838. The Morgan fingerprint density at radius 1 is 1.41 bits per heavy atom. The summed E-state index contributed by atoms with van der Waals surface area (Å²) in [6.07, 6.45) is 0.735. The van der Waals surface area contributed by atoms with Crippen LogP contribution in [0.4, 0.5) is 0 Å². The molecule has 0 unspecified atom stereocenters. The van der Waals surface area contributed by atoms with Crippen LogP contribution in [0.1, 0.15) is 35.9 Å². The molecule has 0 bridgehead atoms. The Kier molecular flexibility index (Phi) is 3.59. The van der Waals surface area contributed by atoms with Crippen molar-refractivity contribution in [3.8, 4) is 0 Å². The maximum absolute atomic E-state index is 11.9. The van der Waals surface area contributed by atoms with Crippen LogP contribution in [0.2, 0.25) is 0 Å². The highest BCUT2D eigenvalue weighted by molar-refractivity contribution is 7.71. The third-order valence-electron chi connectivity index (χ3n) is 2.57. The second-order valence-corrected chi connectivity index (χ2v) is 5.65. The molecule has 5 heteroatoms. The van der Waals surface area contributed by atoms with Crippen molar-refractivity contribution in [3.63, 3.8) is 0 Å². The van der Waals surface area contributed by atoms with Crippen molar-refractivity contribution < 1.29 is 0 Å². The maximum Gasteiger partial charge on any atom is 0.255 e. The zero-order valence-corrected chi connectivity index (χ0v) is 11.4. The molecule has 17 heavy (non-hydrogen) atoms. The highest BCUT2D eigenvalue weighted by Gasteiger charge is 2.12. The topological polar surface area (TPSA) is 48.6 Å². The third kappa shape index (κ3) is 2.73. The first-order valence-electron chi connectivity index (χ1n) is 5.45. The molecule has 2 aromatic rings. The van der Waals surface area contributed by atoms with E-state index in [4.69, 9.17) is 12.2 Å². The van der Waals surface area contributed by atoms with Crippen molar-refractivity contribution in [1.82, 2.24) is 9.97 Å². The van der Waals surface area contributed by atoms with Crippen molar-refractivity contribution in [2.45, 2.75) is 26.2 Å². The average Bonchev–Trinajstić information content (AvgIpc) is 2.68. The Hall–Kier alpha value is -1.20. The van der Waals surface area contributed by atoms with Crippen LogP contribution in [0, 0.1) is 4.77 Å². The van der Waals surface area contributed by atoms with Gasteiger partial charge in [0.2, 0.25) is 0 Å². The van der Waals surface area contributed by atoms with E-state index in [1.165, 1.54) is 4.88 Å². The second-order valence-electron chi connectivity index (χ2n) is 4.21. The number of hydrogen-bond donors (Lipinski definition) is 2. The molecule has 2 N–H and O–H groups in total. The second kappa shape index (κ2) is 4.98. The van der Waals surface area contributed by atoms with E-state index in [1.54, 1.807) is 11.3 Å². The summed E-state index contributed by atoms with van der Waals surface area (Å²) in [6.45, 7) is 4.03. The van der Waals surface area contributed by atoms with E-state index < -0.39 is 0 Å². The van der Waals surface area contributed by atoms with Gasteiger partial charge in [-0.05, 0) is 29.6 Å². The lowest BCUT2D eigenvalue weighted by Crippen LogP contribution is -2.19. The highest BCUT2D eigenvalue weighted by atomic mass is 32.1. The Bertz CT molecular complexity index is 608. The summed E-state index contributed by atoms with van der Waals surface area (Å²) in [5.74, 6) is 0.181. The molecular weight excluding hydrogens is 252 g/mol. The molecular formula is C12H14N2OS2. The van der Waals surface area contributed by atoms with Crippen LogP contribution in [0.25, 0.3) is 0 Å². The van der Waals surface area contributed by atoms with E-state index >= 15 is 0 Å². The van der Waals surface area contributed by atoms with Gasteiger partial charge in [-0.2, -0.15) is 0 Å². The van der Waals surface area contributed by atoms with Gasteiger partial charge in [0.05, 0.1) is 0 Å². The Morgan fingerprint density at radius 3 is 2.76 bits per heavy atom. The molecule has 0 aliphatic carbocycles. The fourth-order valence-electron chi connectivity index (χ4n) is 1.88. The van der Waals surface area contributed by atoms with Crippen molar-refractivity contribution in [1.29, 1.82) is 0 Å². The average molecular weight is 266 g/mol. The van der Waals surface area contributed by atoms with Gasteiger partial charge >= 0.3 is 0 Å². The van der Waals surface area contributed by atoms with Crippen LogP contribution in [-0.4, -0.2) is 9.97 Å². The van der Waals surface area contributed by atoms with Gasteiger partial charge in [-0.25, -0.2) is 0 Å². The molecule has 0 atom stereocenters. The fourth-order valence-corrected chi connectivity index (χ4v) is 2.81. The first kappa shape index (κ1) is 12.3. The standard InChI is InChI=1S/C12H14N2OS2/c1-7(2)10-9(6-8-4-3-5-17-8)13-12(16)14-11(10)15/h3-5,7H,6H2,1-2H3,(H2,13,14,15,16). The van der Waals surface area contributed by atoms with Gasteiger partial charge in [-0.3, -0.25) is 9.78 Å². The lowest BCUT2D eigenvalue weighted by atomic mass is 10.0. The van der Waals surface area contributed by atoms with Gasteiger partial charge < -0.3 is 4.98 Å².